The Morgan fingerprint density at radius 3 is 1.25 bits per heavy atom. The third kappa shape index (κ3) is 34.4. The SMILES string of the molecule is C=C(CCCCCCCN(CCCCCCCCCCCCCCCC)CCN1CCN(C)CC1)OC(CCCCCCCC)CCCCCCCC. The number of unbranched alkanes of at least 4 members (excludes halogenated alkanes) is 27. The van der Waals surface area contributed by atoms with Gasteiger partial charge in [0.2, 0.25) is 0 Å². The van der Waals surface area contributed by atoms with E-state index in [4.69, 9.17) is 4.74 Å². The highest BCUT2D eigenvalue weighted by Crippen LogP contribution is 2.21. The van der Waals surface area contributed by atoms with Gasteiger partial charge in [-0.3, -0.25) is 4.90 Å². The summed E-state index contributed by atoms with van der Waals surface area (Å²) in [5, 5.41) is 0. The second kappa shape index (κ2) is 39.6. The zero-order valence-electron chi connectivity index (χ0n) is 37.2. The summed E-state index contributed by atoms with van der Waals surface area (Å²) in [5.41, 5.74) is 0. The van der Waals surface area contributed by atoms with Gasteiger partial charge in [-0.05, 0) is 65.1 Å². The van der Waals surface area contributed by atoms with Gasteiger partial charge in [0.1, 0.15) is 0 Å². The molecule has 0 saturated carbocycles. The summed E-state index contributed by atoms with van der Waals surface area (Å²) in [6.07, 6.45) is 47.2. The van der Waals surface area contributed by atoms with E-state index in [-0.39, 0.29) is 0 Å². The van der Waals surface area contributed by atoms with Gasteiger partial charge in [-0.2, -0.15) is 0 Å². The van der Waals surface area contributed by atoms with E-state index in [2.05, 4.69) is 49.1 Å². The lowest BCUT2D eigenvalue weighted by atomic mass is 10.0. The smallest absolute Gasteiger partial charge is 0.0982 e. The minimum atomic E-state index is 0.399. The molecule has 0 aromatic carbocycles. The van der Waals surface area contributed by atoms with E-state index in [1.807, 2.05) is 0 Å². The van der Waals surface area contributed by atoms with Crippen LogP contribution >= 0.6 is 0 Å². The van der Waals surface area contributed by atoms with Crippen molar-refractivity contribution < 1.29 is 4.74 Å². The monoisotopic (exact) mass is 746 g/mol. The number of rotatable bonds is 42. The normalized spacial score (nSPS) is 14.2. The summed E-state index contributed by atoms with van der Waals surface area (Å²) in [6.45, 7) is 21.4. The first-order valence-electron chi connectivity index (χ1n) is 24.6. The largest absolute Gasteiger partial charge is 0.495 e. The van der Waals surface area contributed by atoms with Crippen LogP contribution in [0.4, 0.5) is 0 Å². The van der Waals surface area contributed by atoms with Crippen LogP contribution in [0.5, 0.6) is 0 Å². The van der Waals surface area contributed by atoms with Crippen LogP contribution < -0.4 is 0 Å². The molecule has 0 atom stereocenters. The van der Waals surface area contributed by atoms with Crippen molar-refractivity contribution in [1.82, 2.24) is 14.7 Å². The molecule has 0 bridgehead atoms. The van der Waals surface area contributed by atoms with Crippen LogP contribution in [-0.4, -0.2) is 80.2 Å². The lowest BCUT2D eigenvalue weighted by Crippen LogP contribution is -2.47. The number of allylic oxidation sites excluding steroid dienone is 1. The predicted molar refractivity (Wildman–Crippen MR) is 238 cm³/mol. The zero-order valence-corrected chi connectivity index (χ0v) is 37.2. The van der Waals surface area contributed by atoms with Gasteiger partial charge >= 0.3 is 0 Å². The summed E-state index contributed by atoms with van der Waals surface area (Å²) in [7, 11) is 2.27. The quantitative estimate of drug-likeness (QED) is 0.0457. The van der Waals surface area contributed by atoms with Gasteiger partial charge in [0, 0.05) is 45.7 Å². The van der Waals surface area contributed by atoms with Crippen molar-refractivity contribution in [3.8, 4) is 0 Å². The fourth-order valence-electron chi connectivity index (χ4n) is 8.27. The molecular formula is C49H99N3O. The number of nitrogens with zero attached hydrogens (tertiary/aromatic N) is 3. The molecule has 0 aromatic rings. The van der Waals surface area contributed by atoms with E-state index in [9.17, 15) is 0 Å². The van der Waals surface area contributed by atoms with Gasteiger partial charge in [-0.25, -0.2) is 0 Å². The van der Waals surface area contributed by atoms with E-state index >= 15 is 0 Å². The molecule has 0 N–H and O–H groups in total. The predicted octanol–water partition coefficient (Wildman–Crippen LogP) is 14.8. The summed E-state index contributed by atoms with van der Waals surface area (Å²) in [5.74, 6) is 1.07. The Labute approximate surface area is 335 Å². The molecule has 1 aliphatic heterocycles. The Kier molecular flexibility index (Phi) is 37.7. The first-order valence-corrected chi connectivity index (χ1v) is 24.6. The van der Waals surface area contributed by atoms with Crippen molar-refractivity contribution in [2.24, 2.45) is 0 Å². The Morgan fingerprint density at radius 2 is 0.830 bits per heavy atom. The third-order valence-corrected chi connectivity index (χ3v) is 12.2. The second-order valence-corrected chi connectivity index (χ2v) is 17.5. The second-order valence-electron chi connectivity index (χ2n) is 17.5. The first kappa shape index (κ1) is 50.4. The van der Waals surface area contributed by atoms with Gasteiger partial charge < -0.3 is 14.5 Å². The average Bonchev–Trinajstić information content (AvgIpc) is 3.16. The highest BCUT2D eigenvalue weighted by Gasteiger charge is 2.15. The summed E-state index contributed by atoms with van der Waals surface area (Å²) >= 11 is 0. The van der Waals surface area contributed by atoms with Crippen molar-refractivity contribution >= 4 is 0 Å². The minimum Gasteiger partial charge on any atom is -0.495 e. The zero-order chi connectivity index (χ0) is 38.3. The number of piperazine rings is 1. The molecule has 316 valence electrons. The number of likely N-dealkylation sites (N-methyl/N-ethyl adjacent to an activating group) is 1. The molecule has 1 heterocycles. The molecule has 1 aliphatic rings. The Balaban J connectivity index is 2.25. The van der Waals surface area contributed by atoms with Crippen LogP contribution in [-0.2, 0) is 4.74 Å². The van der Waals surface area contributed by atoms with E-state index in [1.165, 1.54) is 264 Å². The number of ether oxygens (including phenoxy) is 1. The first-order chi connectivity index (χ1) is 26.1. The fraction of sp³-hybridized carbons (Fsp3) is 0.959. The van der Waals surface area contributed by atoms with Crippen LogP contribution in [0.3, 0.4) is 0 Å². The molecule has 1 saturated heterocycles. The molecule has 4 nitrogen and oxygen atoms in total. The molecule has 0 unspecified atom stereocenters. The van der Waals surface area contributed by atoms with Gasteiger partial charge in [0.05, 0.1) is 11.9 Å². The average molecular weight is 746 g/mol. The van der Waals surface area contributed by atoms with Crippen LogP contribution in [0.25, 0.3) is 0 Å². The van der Waals surface area contributed by atoms with E-state index in [0.717, 1.165) is 12.2 Å². The van der Waals surface area contributed by atoms with Gasteiger partial charge in [-0.1, -0.05) is 194 Å². The Bertz CT molecular complexity index is 719. The maximum atomic E-state index is 6.54. The molecular weight excluding hydrogens is 647 g/mol. The lowest BCUT2D eigenvalue weighted by molar-refractivity contribution is 0.0895. The molecule has 1 fully saturated rings. The van der Waals surface area contributed by atoms with Crippen LogP contribution in [0.1, 0.15) is 239 Å². The molecule has 0 amide bonds. The number of hydrogen-bond donors (Lipinski definition) is 0. The van der Waals surface area contributed by atoms with Gasteiger partial charge in [-0.15, -0.1) is 0 Å². The van der Waals surface area contributed by atoms with Crippen molar-refractivity contribution in [2.75, 3.05) is 59.4 Å². The van der Waals surface area contributed by atoms with E-state index < -0.39 is 0 Å². The Morgan fingerprint density at radius 1 is 0.472 bits per heavy atom. The molecule has 4 heteroatoms. The summed E-state index contributed by atoms with van der Waals surface area (Å²) in [4.78, 5) is 8.01. The Hall–Kier alpha value is -0.580. The van der Waals surface area contributed by atoms with Crippen molar-refractivity contribution in [1.29, 1.82) is 0 Å². The van der Waals surface area contributed by atoms with Gasteiger partial charge in [0.25, 0.3) is 0 Å². The van der Waals surface area contributed by atoms with E-state index in [1.54, 1.807) is 0 Å². The van der Waals surface area contributed by atoms with E-state index in [0.29, 0.717) is 6.10 Å². The summed E-state index contributed by atoms with van der Waals surface area (Å²) < 4.78 is 6.54. The van der Waals surface area contributed by atoms with Crippen molar-refractivity contribution in [3.63, 3.8) is 0 Å². The molecule has 0 aromatic heterocycles. The standard InChI is InChI=1S/C49H99N3O/c1-6-9-12-15-18-19-20-21-22-23-24-25-30-35-40-51(46-47-52-44-42-50(5)43-45-52)41-36-31-26-27-32-37-48(4)53-49(38-33-28-16-13-10-7-2)39-34-29-17-14-11-8-3/h49H,4,6-47H2,1-3,5H3. The van der Waals surface area contributed by atoms with Crippen LogP contribution in [0.2, 0.25) is 0 Å². The molecule has 1 rings (SSSR count). The van der Waals surface area contributed by atoms with Crippen LogP contribution in [0, 0.1) is 0 Å². The highest BCUT2D eigenvalue weighted by atomic mass is 16.5. The molecule has 0 aliphatic carbocycles. The fourth-order valence-corrected chi connectivity index (χ4v) is 8.27. The molecule has 0 spiro atoms. The maximum absolute atomic E-state index is 6.54. The maximum Gasteiger partial charge on any atom is 0.0982 e. The lowest BCUT2D eigenvalue weighted by Gasteiger charge is -2.34. The minimum absolute atomic E-state index is 0.399. The third-order valence-electron chi connectivity index (χ3n) is 12.2. The van der Waals surface area contributed by atoms with Crippen molar-refractivity contribution in [3.05, 3.63) is 12.3 Å². The topological polar surface area (TPSA) is 19.0 Å². The van der Waals surface area contributed by atoms with Gasteiger partial charge in [0.15, 0.2) is 0 Å². The highest BCUT2D eigenvalue weighted by molar-refractivity contribution is 4.84. The number of hydrogen-bond acceptors (Lipinski definition) is 4. The summed E-state index contributed by atoms with van der Waals surface area (Å²) in [6, 6.07) is 0. The molecule has 0 radical (unpaired) electrons. The molecule has 53 heavy (non-hydrogen) atoms. The van der Waals surface area contributed by atoms with Crippen LogP contribution in [0.15, 0.2) is 12.3 Å². The van der Waals surface area contributed by atoms with Crippen molar-refractivity contribution in [2.45, 2.75) is 245 Å².